The van der Waals surface area contributed by atoms with Gasteiger partial charge in [-0.15, -0.1) is 23.1 Å². The van der Waals surface area contributed by atoms with Crippen molar-refractivity contribution in [3.8, 4) is 0 Å². The second kappa shape index (κ2) is 7.23. The van der Waals surface area contributed by atoms with Gasteiger partial charge < -0.3 is 15.3 Å². The van der Waals surface area contributed by atoms with Crippen LogP contribution < -0.4 is 11.0 Å². The maximum atomic E-state index is 12.7. The smallest absolute Gasteiger partial charge is 0.322 e. The van der Waals surface area contributed by atoms with Gasteiger partial charge in [-0.25, -0.2) is 4.79 Å². The second-order valence-electron chi connectivity index (χ2n) is 5.66. The lowest BCUT2D eigenvalue weighted by Gasteiger charge is -2.10. The molecule has 3 N–H and O–H groups in total. The number of thiophene rings is 1. The number of aromatic amines is 2. The lowest BCUT2D eigenvalue weighted by atomic mass is 10.2. The van der Waals surface area contributed by atoms with E-state index in [4.69, 9.17) is 0 Å². The first-order valence-electron chi connectivity index (χ1n) is 7.97. The summed E-state index contributed by atoms with van der Waals surface area (Å²) in [6.45, 7) is 0. The largest absolute Gasteiger partial charge is 0.323 e. The molecule has 0 aliphatic rings. The number of rotatable bonds is 5. The third kappa shape index (κ3) is 3.58. The fraction of sp³-hybridized carbons (Fsp3) is 0.0526. The van der Waals surface area contributed by atoms with Crippen LogP contribution in [0.3, 0.4) is 0 Å². The summed E-state index contributed by atoms with van der Waals surface area (Å²) in [6, 6.07) is 17.0. The SMILES string of the molecule is O=C(Nc1ccc2[nH]c(=O)[nH]c2c1)c1ccccc1SCc1cccs1. The van der Waals surface area contributed by atoms with Crippen LogP contribution >= 0.6 is 23.1 Å². The van der Waals surface area contributed by atoms with E-state index in [0.717, 1.165) is 10.6 Å². The molecule has 0 saturated carbocycles. The number of hydrogen-bond donors (Lipinski definition) is 3. The monoisotopic (exact) mass is 381 g/mol. The van der Waals surface area contributed by atoms with E-state index >= 15 is 0 Å². The van der Waals surface area contributed by atoms with E-state index < -0.39 is 0 Å². The molecule has 5 nitrogen and oxygen atoms in total. The van der Waals surface area contributed by atoms with Gasteiger partial charge in [-0.05, 0) is 41.8 Å². The van der Waals surface area contributed by atoms with Gasteiger partial charge in [0.05, 0.1) is 16.6 Å². The molecular weight excluding hydrogens is 366 g/mol. The molecule has 0 unspecified atom stereocenters. The number of thioether (sulfide) groups is 1. The Morgan fingerprint density at radius 3 is 2.73 bits per heavy atom. The predicted molar refractivity (Wildman–Crippen MR) is 107 cm³/mol. The average Bonchev–Trinajstić information content (AvgIpc) is 3.28. The summed E-state index contributed by atoms with van der Waals surface area (Å²) < 4.78 is 0. The summed E-state index contributed by atoms with van der Waals surface area (Å²) in [5.41, 5.74) is 2.37. The van der Waals surface area contributed by atoms with Crippen LogP contribution in [-0.2, 0) is 5.75 Å². The van der Waals surface area contributed by atoms with E-state index in [0.29, 0.717) is 22.3 Å². The minimum absolute atomic E-state index is 0.170. The van der Waals surface area contributed by atoms with Gasteiger partial charge in [0, 0.05) is 21.2 Å². The van der Waals surface area contributed by atoms with Gasteiger partial charge in [0.15, 0.2) is 0 Å². The quantitative estimate of drug-likeness (QED) is 0.447. The summed E-state index contributed by atoms with van der Waals surface area (Å²) in [5, 5.41) is 4.96. The van der Waals surface area contributed by atoms with Crippen LogP contribution in [0.5, 0.6) is 0 Å². The van der Waals surface area contributed by atoms with Gasteiger partial charge >= 0.3 is 5.69 Å². The number of carbonyl (C=O) groups is 1. The summed E-state index contributed by atoms with van der Waals surface area (Å²) in [7, 11) is 0. The third-order valence-corrected chi connectivity index (χ3v) is 6.04. The highest BCUT2D eigenvalue weighted by Crippen LogP contribution is 2.28. The fourth-order valence-electron chi connectivity index (χ4n) is 2.63. The standard InChI is InChI=1S/C19H15N3O2S2/c23-18(20-12-7-8-15-16(10-12)22-19(24)21-15)14-5-1-2-6-17(14)26-11-13-4-3-9-25-13/h1-10H,11H2,(H,20,23)(H2,21,22,24). The number of H-pyrrole nitrogens is 2. The van der Waals surface area contributed by atoms with E-state index in [2.05, 4.69) is 26.7 Å². The molecule has 4 rings (SSSR count). The van der Waals surface area contributed by atoms with Crippen molar-refractivity contribution in [3.05, 3.63) is 80.9 Å². The molecule has 0 fully saturated rings. The minimum Gasteiger partial charge on any atom is -0.322 e. The second-order valence-corrected chi connectivity index (χ2v) is 7.71. The van der Waals surface area contributed by atoms with Crippen LogP contribution in [0.4, 0.5) is 5.69 Å². The Bertz CT molecular complexity index is 1110. The lowest BCUT2D eigenvalue weighted by Crippen LogP contribution is -2.12. The molecule has 1 amide bonds. The molecule has 0 aliphatic carbocycles. The van der Waals surface area contributed by atoms with Gasteiger partial charge in [-0.2, -0.15) is 0 Å². The zero-order chi connectivity index (χ0) is 17.9. The molecule has 2 aromatic heterocycles. The van der Waals surface area contributed by atoms with Crippen LogP contribution in [0.25, 0.3) is 11.0 Å². The van der Waals surface area contributed by atoms with Gasteiger partial charge in [0.25, 0.3) is 5.91 Å². The van der Waals surface area contributed by atoms with Crippen molar-refractivity contribution in [1.82, 2.24) is 9.97 Å². The zero-order valence-corrected chi connectivity index (χ0v) is 15.2. The Morgan fingerprint density at radius 1 is 1.04 bits per heavy atom. The first-order chi connectivity index (χ1) is 12.7. The Hall–Kier alpha value is -2.77. The molecule has 0 atom stereocenters. The van der Waals surface area contributed by atoms with Crippen molar-refractivity contribution in [2.75, 3.05) is 5.32 Å². The van der Waals surface area contributed by atoms with Crippen molar-refractivity contribution in [3.63, 3.8) is 0 Å². The lowest BCUT2D eigenvalue weighted by molar-refractivity contribution is 0.102. The molecule has 7 heteroatoms. The van der Waals surface area contributed by atoms with Crippen molar-refractivity contribution in [1.29, 1.82) is 0 Å². The van der Waals surface area contributed by atoms with Crippen LogP contribution in [-0.4, -0.2) is 15.9 Å². The van der Waals surface area contributed by atoms with Gasteiger partial charge in [-0.3, -0.25) is 4.79 Å². The molecule has 4 aromatic rings. The van der Waals surface area contributed by atoms with Crippen molar-refractivity contribution in [2.24, 2.45) is 0 Å². The molecule has 0 radical (unpaired) electrons. The molecule has 0 aliphatic heterocycles. The van der Waals surface area contributed by atoms with Crippen LogP contribution in [0, 0.1) is 0 Å². The van der Waals surface area contributed by atoms with Crippen molar-refractivity contribution < 1.29 is 4.79 Å². The number of anilines is 1. The van der Waals surface area contributed by atoms with Crippen molar-refractivity contribution in [2.45, 2.75) is 10.6 Å². The Labute approximate surface area is 157 Å². The first-order valence-corrected chi connectivity index (χ1v) is 9.83. The predicted octanol–water partition coefficient (Wildman–Crippen LogP) is 4.46. The highest BCUT2D eigenvalue weighted by molar-refractivity contribution is 7.98. The minimum atomic E-state index is -0.265. The summed E-state index contributed by atoms with van der Waals surface area (Å²) in [5.74, 6) is 0.662. The summed E-state index contributed by atoms with van der Waals surface area (Å²) in [4.78, 5) is 31.7. The maximum absolute atomic E-state index is 12.7. The number of nitrogens with one attached hydrogen (secondary N) is 3. The van der Waals surface area contributed by atoms with Gasteiger partial charge in [0.2, 0.25) is 0 Å². The van der Waals surface area contributed by atoms with E-state index in [1.807, 2.05) is 30.3 Å². The number of benzene rings is 2. The van der Waals surface area contributed by atoms with Crippen LogP contribution in [0.2, 0.25) is 0 Å². The molecule has 0 bridgehead atoms. The number of carbonyl (C=O) groups excluding carboxylic acids is 1. The number of aromatic nitrogens is 2. The number of amides is 1. The van der Waals surface area contributed by atoms with Gasteiger partial charge in [0.1, 0.15) is 0 Å². The molecular formula is C19H15N3O2S2. The van der Waals surface area contributed by atoms with E-state index in [1.165, 1.54) is 4.88 Å². The van der Waals surface area contributed by atoms with E-state index in [-0.39, 0.29) is 11.6 Å². The third-order valence-electron chi connectivity index (χ3n) is 3.86. The molecule has 2 heterocycles. The normalized spacial score (nSPS) is 10.9. The summed E-state index contributed by atoms with van der Waals surface area (Å²) in [6.07, 6.45) is 0. The topological polar surface area (TPSA) is 77.8 Å². The molecule has 0 spiro atoms. The van der Waals surface area contributed by atoms with Crippen LogP contribution in [0.15, 0.2) is 69.7 Å². The molecule has 26 heavy (non-hydrogen) atoms. The fourth-order valence-corrected chi connectivity index (χ4v) is 4.46. The maximum Gasteiger partial charge on any atom is 0.323 e. The average molecular weight is 381 g/mol. The highest BCUT2D eigenvalue weighted by Gasteiger charge is 2.12. The zero-order valence-electron chi connectivity index (χ0n) is 13.6. The number of imidazole rings is 1. The molecule has 0 saturated heterocycles. The van der Waals surface area contributed by atoms with Crippen molar-refractivity contribution >= 4 is 45.7 Å². The van der Waals surface area contributed by atoms with E-state index in [9.17, 15) is 9.59 Å². The number of hydrogen-bond acceptors (Lipinski definition) is 4. The number of fused-ring (bicyclic) bond motifs is 1. The van der Waals surface area contributed by atoms with Gasteiger partial charge in [-0.1, -0.05) is 18.2 Å². The molecule has 130 valence electrons. The molecule has 2 aromatic carbocycles. The Balaban J connectivity index is 1.54. The van der Waals surface area contributed by atoms with Crippen LogP contribution in [0.1, 0.15) is 15.2 Å². The van der Waals surface area contributed by atoms with E-state index in [1.54, 1.807) is 41.3 Å². The Kier molecular flexibility index (Phi) is 4.64. The Morgan fingerprint density at radius 2 is 1.88 bits per heavy atom. The first kappa shape index (κ1) is 16.7. The summed E-state index contributed by atoms with van der Waals surface area (Å²) >= 11 is 3.36. The highest BCUT2D eigenvalue weighted by atomic mass is 32.2.